The third kappa shape index (κ3) is 5.45. The highest BCUT2D eigenvalue weighted by molar-refractivity contribution is 7.19. The van der Waals surface area contributed by atoms with Gasteiger partial charge in [0.1, 0.15) is 11.4 Å². The van der Waals surface area contributed by atoms with Gasteiger partial charge in [-0.3, -0.25) is 9.59 Å². The molecular formula is C24H28O5S. The molecule has 0 spiro atoms. The standard InChI is InChI=1S/C24H28O5S/c1-24(29,22-14-16-8-6-7-10-21(16)30-22)13-12-18-17(19(25)15-20(18)26)9-4-2-3-5-11-23(27)28/h2,4,6-8,10,12-14,17-18,20,26,29H,3,5,9,11,15H2,1H3,(H,27,28)/t17-,18-,20-,24-/m1/s1. The van der Waals surface area contributed by atoms with Crippen molar-refractivity contribution in [3.05, 3.63) is 59.5 Å². The van der Waals surface area contributed by atoms with Crippen LogP contribution in [0.15, 0.2) is 54.6 Å². The number of fused-ring (bicyclic) bond motifs is 1. The molecule has 4 atom stereocenters. The van der Waals surface area contributed by atoms with E-state index >= 15 is 0 Å². The van der Waals surface area contributed by atoms with Crippen molar-refractivity contribution < 1.29 is 24.9 Å². The van der Waals surface area contributed by atoms with Gasteiger partial charge in [-0.25, -0.2) is 0 Å². The minimum Gasteiger partial charge on any atom is -0.481 e. The summed E-state index contributed by atoms with van der Waals surface area (Å²) in [6.45, 7) is 1.72. The van der Waals surface area contributed by atoms with E-state index in [2.05, 4.69) is 0 Å². The van der Waals surface area contributed by atoms with E-state index in [1.54, 1.807) is 19.1 Å². The van der Waals surface area contributed by atoms with E-state index < -0.39 is 17.7 Å². The first-order valence-electron chi connectivity index (χ1n) is 10.3. The number of allylic oxidation sites excluding steroid dienone is 2. The normalized spacial score (nSPS) is 24.2. The highest BCUT2D eigenvalue weighted by Gasteiger charge is 2.39. The Labute approximate surface area is 180 Å². The van der Waals surface area contributed by atoms with E-state index in [0.717, 1.165) is 15.0 Å². The highest BCUT2D eigenvalue weighted by atomic mass is 32.1. The highest BCUT2D eigenvalue weighted by Crippen LogP contribution is 2.37. The molecule has 3 N–H and O–H groups in total. The Kier molecular flexibility index (Phi) is 7.23. The minimum atomic E-state index is -1.19. The van der Waals surface area contributed by atoms with Gasteiger partial charge in [0.05, 0.1) is 6.10 Å². The molecule has 0 amide bonds. The van der Waals surface area contributed by atoms with Crippen molar-refractivity contribution in [1.82, 2.24) is 0 Å². The lowest BCUT2D eigenvalue weighted by Crippen LogP contribution is -2.21. The number of aliphatic hydroxyl groups is 2. The Morgan fingerprint density at radius 2 is 2.07 bits per heavy atom. The molecule has 0 saturated heterocycles. The summed E-state index contributed by atoms with van der Waals surface area (Å²) in [7, 11) is 0. The molecule has 1 aromatic heterocycles. The minimum absolute atomic E-state index is 0.0221. The first kappa shape index (κ1) is 22.4. The maximum absolute atomic E-state index is 12.4. The zero-order valence-electron chi connectivity index (χ0n) is 17.0. The van der Waals surface area contributed by atoms with Gasteiger partial charge in [-0.1, -0.05) is 42.5 Å². The van der Waals surface area contributed by atoms with Gasteiger partial charge in [-0.05, 0) is 43.7 Å². The first-order chi connectivity index (χ1) is 14.3. The van der Waals surface area contributed by atoms with Gasteiger partial charge in [0, 0.05) is 34.3 Å². The molecule has 2 aromatic rings. The van der Waals surface area contributed by atoms with Crippen molar-refractivity contribution in [1.29, 1.82) is 0 Å². The number of carbonyl (C=O) groups is 2. The zero-order valence-corrected chi connectivity index (χ0v) is 17.8. The molecular weight excluding hydrogens is 400 g/mol. The summed E-state index contributed by atoms with van der Waals surface area (Å²) in [5.41, 5.74) is -1.19. The van der Waals surface area contributed by atoms with Crippen molar-refractivity contribution in [2.45, 2.75) is 50.7 Å². The van der Waals surface area contributed by atoms with Crippen LogP contribution in [-0.2, 0) is 15.2 Å². The van der Waals surface area contributed by atoms with Gasteiger partial charge in [-0.2, -0.15) is 0 Å². The summed E-state index contributed by atoms with van der Waals surface area (Å²) in [4.78, 5) is 23.7. The largest absolute Gasteiger partial charge is 0.481 e. The van der Waals surface area contributed by atoms with Crippen LogP contribution in [0, 0.1) is 11.8 Å². The van der Waals surface area contributed by atoms with Gasteiger partial charge in [-0.15, -0.1) is 11.3 Å². The lowest BCUT2D eigenvalue weighted by atomic mass is 9.89. The van der Waals surface area contributed by atoms with Crippen LogP contribution < -0.4 is 0 Å². The van der Waals surface area contributed by atoms with E-state index in [1.165, 1.54) is 11.3 Å². The van der Waals surface area contributed by atoms with Crippen LogP contribution in [0.2, 0.25) is 0 Å². The number of hydrogen-bond acceptors (Lipinski definition) is 5. The Hall–Kier alpha value is -2.28. The number of aliphatic carboxylic acids is 1. The number of thiophene rings is 1. The summed E-state index contributed by atoms with van der Waals surface area (Å²) in [6.07, 6.45) is 8.48. The van der Waals surface area contributed by atoms with Crippen LogP contribution in [0.3, 0.4) is 0 Å². The molecule has 1 aromatic carbocycles. The topological polar surface area (TPSA) is 94.8 Å². The number of ketones is 1. The van der Waals surface area contributed by atoms with Crippen LogP contribution in [0.25, 0.3) is 10.1 Å². The predicted octanol–water partition coefficient (Wildman–Crippen LogP) is 4.43. The fraction of sp³-hybridized carbons (Fsp3) is 0.417. The van der Waals surface area contributed by atoms with Gasteiger partial charge >= 0.3 is 5.97 Å². The van der Waals surface area contributed by atoms with Crippen LogP contribution in [-0.4, -0.2) is 33.2 Å². The van der Waals surface area contributed by atoms with E-state index in [1.807, 2.05) is 42.5 Å². The van der Waals surface area contributed by atoms with E-state index in [9.17, 15) is 19.8 Å². The van der Waals surface area contributed by atoms with Crippen LogP contribution >= 0.6 is 11.3 Å². The number of rotatable bonds is 9. The molecule has 0 bridgehead atoms. The SMILES string of the molecule is C[C@@](O)(C=C[C@H]1[C@H](O)CC(=O)[C@@H]1CC=CCCCC(=O)O)c1cc2ccccc2s1. The van der Waals surface area contributed by atoms with Crippen molar-refractivity contribution in [3.63, 3.8) is 0 Å². The molecule has 6 heteroatoms. The van der Waals surface area contributed by atoms with Crippen molar-refractivity contribution >= 4 is 33.2 Å². The summed E-state index contributed by atoms with van der Waals surface area (Å²) < 4.78 is 1.10. The number of hydrogen-bond donors (Lipinski definition) is 3. The number of Topliss-reactive ketones (excluding diaryl/α,β-unsaturated/α-hetero) is 1. The summed E-state index contributed by atoms with van der Waals surface area (Å²) in [5.74, 6) is -1.46. The van der Waals surface area contributed by atoms with Crippen molar-refractivity contribution in [3.8, 4) is 0 Å². The summed E-state index contributed by atoms with van der Waals surface area (Å²) in [6, 6.07) is 9.92. The maximum atomic E-state index is 12.4. The van der Waals surface area contributed by atoms with E-state index in [-0.39, 0.29) is 30.5 Å². The Balaban J connectivity index is 1.67. The monoisotopic (exact) mass is 428 g/mol. The predicted molar refractivity (Wildman–Crippen MR) is 118 cm³/mol. The average Bonchev–Trinajstić information content (AvgIpc) is 3.24. The van der Waals surface area contributed by atoms with Gasteiger partial charge in [0.15, 0.2) is 0 Å². The number of carboxylic acids is 1. The molecule has 1 saturated carbocycles. The third-order valence-electron chi connectivity index (χ3n) is 5.62. The molecule has 0 unspecified atom stereocenters. The number of carbonyl (C=O) groups excluding carboxylic acids is 1. The van der Waals surface area contributed by atoms with Crippen LogP contribution in [0.4, 0.5) is 0 Å². The second-order valence-corrected chi connectivity index (χ2v) is 9.15. The summed E-state index contributed by atoms with van der Waals surface area (Å²) in [5, 5.41) is 31.1. The molecule has 1 fully saturated rings. The third-order valence-corrected chi connectivity index (χ3v) is 6.96. The average molecular weight is 429 g/mol. The fourth-order valence-electron chi connectivity index (χ4n) is 3.87. The quantitative estimate of drug-likeness (QED) is 0.406. The zero-order chi connectivity index (χ0) is 21.7. The Morgan fingerprint density at radius 3 is 2.80 bits per heavy atom. The molecule has 1 heterocycles. The molecule has 160 valence electrons. The molecule has 30 heavy (non-hydrogen) atoms. The first-order valence-corrected chi connectivity index (χ1v) is 11.1. The molecule has 3 rings (SSSR count). The van der Waals surface area contributed by atoms with Gasteiger partial charge in [0.25, 0.3) is 0 Å². The maximum Gasteiger partial charge on any atom is 0.303 e. The van der Waals surface area contributed by atoms with Gasteiger partial charge in [0.2, 0.25) is 0 Å². The smallest absolute Gasteiger partial charge is 0.303 e. The van der Waals surface area contributed by atoms with Crippen molar-refractivity contribution in [2.75, 3.05) is 0 Å². The van der Waals surface area contributed by atoms with Crippen LogP contribution in [0.1, 0.15) is 43.9 Å². The second-order valence-electron chi connectivity index (χ2n) is 8.07. The van der Waals surface area contributed by atoms with Crippen molar-refractivity contribution in [2.24, 2.45) is 11.8 Å². The number of carboxylic acid groups (broad SMARTS) is 1. The Morgan fingerprint density at radius 1 is 1.30 bits per heavy atom. The molecule has 1 aliphatic rings. The fourth-order valence-corrected chi connectivity index (χ4v) is 4.96. The second kappa shape index (κ2) is 9.69. The van der Waals surface area contributed by atoms with E-state index in [0.29, 0.717) is 19.3 Å². The molecule has 0 radical (unpaired) electrons. The molecule has 1 aliphatic carbocycles. The number of unbranched alkanes of at least 4 members (excludes halogenated alkanes) is 1. The lowest BCUT2D eigenvalue weighted by molar-refractivity contribution is -0.137. The number of benzene rings is 1. The summed E-state index contributed by atoms with van der Waals surface area (Å²) >= 11 is 1.53. The van der Waals surface area contributed by atoms with Crippen LogP contribution in [0.5, 0.6) is 0 Å². The molecule has 0 aliphatic heterocycles. The molecule has 5 nitrogen and oxygen atoms in total. The lowest BCUT2D eigenvalue weighted by Gasteiger charge is -2.21. The van der Waals surface area contributed by atoms with Gasteiger partial charge < -0.3 is 15.3 Å². The Bertz CT molecular complexity index is 922. The van der Waals surface area contributed by atoms with E-state index in [4.69, 9.17) is 5.11 Å². The number of aliphatic hydroxyl groups excluding tert-OH is 1.